The highest BCUT2D eigenvalue weighted by Crippen LogP contribution is 2.21. The average molecular weight is 461 g/mol. The molecule has 2 aromatic carbocycles. The lowest BCUT2D eigenvalue weighted by atomic mass is 10.1. The fourth-order valence-electron chi connectivity index (χ4n) is 2.83. The quantitative estimate of drug-likeness (QED) is 0.532. The summed E-state index contributed by atoms with van der Waals surface area (Å²) < 4.78 is 6.69. The third-order valence-electron chi connectivity index (χ3n) is 4.68. The maximum Gasteiger partial charge on any atom is 0.261 e. The van der Waals surface area contributed by atoms with Crippen molar-refractivity contribution >= 4 is 27.7 Å². The van der Waals surface area contributed by atoms with E-state index in [1.165, 1.54) is 0 Å². The molecule has 0 saturated heterocycles. The van der Waals surface area contributed by atoms with Crippen molar-refractivity contribution in [1.82, 2.24) is 10.2 Å². The van der Waals surface area contributed by atoms with Crippen LogP contribution in [0.25, 0.3) is 0 Å². The van der Waals surface area contributed by atoms with Crippen molar-refractivity contribution in [1.29, 1.82) is 0 Å². The van der Waals surface area contributed by atoms with Gasteiger partial charge in [-0.3, -0.25) is 9.59 Å². The van der Waals surface area contributed by atoms with Crippen LogP contribution in [0.3, 0.4) is 0 Å². The number of halogens is 1. The molecule has 0 radical (unpaired) electrons. The fourth-order valence-corrected chi connectivity index (χ4v) is 3.08. The normalized spacial score (nSPS) is 11.6. The summed E-state index contributed by atoms with van der Waals surface area (Å²) >= 11 is 3.46. The van der Waals surface area contributed by atoms with Crippen LogP contribution in [0.4, 0.5) is 0 Å². The largest absolute Gasteiger partial charge is 0.484 e. The summed E-state index contributed by atoms with van der Waals surface area (Å²) in [5.74, 6) is 0.244. The Hall–Kier alpha value is -2.34. The average Bonchev–Trinajstić information content (AvgIpc) is 2.73. The Balaban J connectivity index is 2.08. The standard InChI is InChI=1S/C23H29BrN2O3/c1-4-5-13-25-23(28)18(3)26(15-19-9-7-6-8-10-19)22(27)16-29-20-11-12-21(24)17(2)14-20/h6-12,14,18H,4-5,13,15-16H2,1-3H3,(H,25,28)/t18-/m1/s1. The molecule has 2 rings (SSSR count). The van der Waals surface area contributed by atoms with Gasteiger partial charge in [0.15, 0.2) is 6.61 Å². The zero-order valence-electron chi connectivity index (χ0n) is 17.3. The number of unbranched alkanes of at least 4 members (excludes halogenated alkanes) is 1. The van der Waals surface area contributed by atoms with Crippen LogP contribution in [0.5, 0.6) is 5.75 Å². The van der Waals surface area contributed by atoms with Gasteiger partial charge >= 0.3 is 0 Å². The van der Waals surface area contributed by atoms with E-state index in [0.717, 1.165) is 28.4 Å². The van der Waals surface area contributed by atoms with Gasteiger partial charge in [-0.05, 0) is 49.6 Å². The number of carbonyl (C=O) groups is 2. The molecule has 6 heteroatoms. The highest BCUT2D eigenvalue weighted by atomic mass is 79.9. The van der Waals surface area contributed by atoms with Gasteiger partial charge in [0.2, 0.25) is 5.91 Å². The summed E-state index contributed by atoms with van der Waals surface area (Å²) in [5.41, 5.74) is 1.99. The lowest BCUT2D eigenvalue weighted by molar-refractivity contribution is -0.142. The van der Waals surface area contributed by atoms with Crippen LogP contribution < -0.4 is 10.1 Å². The molecule has 2 amide bonds. The van der Waals surface area contributed by atoms with Crippen LogP contribution in [-0.2, 0) is 16.1 Å². The third-order valence-corrected chi connectivity index (χ3v) is 5.57. The van der Waals surface area contributed by atoms with Crippen molar-refractivity contribution in [2.45, 2.75) is 46.2 Å². The minimum atomic E-state index is -0.588. The highest BCUT2D eigenvalue weighted by molar-refractivity contribution is 9.10. The topological polar surface area (TPSA) is 58.6 Å². The number of hydrogen-bond donors (Lipinski definition) is 1. The number of rotatable bonds is 10. The van der Waals surface area contributed by atoms with Crippen LogP contribution >= 0.6 is 15.9 Å². The first-order chi connectivity index (χ1) is 13.9. The van der Waals surface area contributed by atoms with E-state index in [-0.39, 0.29) is 18.4 Å². The van der Waals surface area contributed by atoms with Crippen LogP contribution in [0.15, 0.2) is 53.0 Å². The second kappa shape index (κ2) is 11.6. The number of amides is 2. The lowest BCUT2D eigenvalue weighted by Gasteiger charge is -2.28. The molecule has 0 saturated carbocycles. The predicted molar refractivity (Wildman–Crippen MR) is 119 cm³/mol. The summed E-state index contributed by atoms with van der Waals surface area (Å²) in [7, 11) is 0. The van der Waals surface area contributed by atoms with Gasteiger partial charge in [-0.1, -0.05) is 59.6 Å². The maximum atomic E-state index is 13.0. The van der Waals surface area contributed by atoms with Gasteiger partial charge in [-0.2, -0.15) is 0 Å². The molecule has 0 aliphatic carbocycles. The number of benzene rings is 2. The molecule has 0 fully saturated rings. The maximum absolute atomic E-state index is 13.0. The predicted octanol–water partition coefficient (Wildman–Crippen LogP) is 4.47. The van der Waals surface area contributed by atoms with E-state index in [9.17, 15) is 9.59 Å². The van der Waals surface area contributed by atoms with Crippen LogP contribution in [0.1, 0.15) is 37.8 Å². The first-order valence-corrected chi connectivity index (χ1v) is 10.7. The van der Waals surface area contributed by atoms with E-state index in [4.69, 9.17) is 4.74 Å². The van der Waals surface area contributed by atoms with Gasteiger partial charge in [0.1, 0.15) is 11.8 Å². The second-order valence-electron chi connectivity index (χ2n) is 7.03. The number of carbonyl (C=O) groups excluding carboxylic acids is 2. The molecule has 0 bridgehead atoms. The summed E-state index contributed by atoms with van der Waals surface area (Å²) in [6.45, 7) is 6.63. The van der Waals surface area contributed by atoms with Crippen molar-refractivity contribution in [3.63, 3.8) is 0 Å². The van der Waals surface area contributed by atoms with Gasteiger partial charge in [0.05, 0.1) is 0 Å². The molecule has 0 unspecified atom stereocenters. The smallest absolute Gasteiger partial charge is 0.261 e. The SMILES string of the molecule is CCCCNC(=O)[C@@H](C)N(Cc1ccccc1)C(=O)COc1ccc(Br)c(C)c1. The Morgan fingerprint density at radius 2 is 1.90 bits per heavy atom. The third kappa shape index (κ3) is 7.20. The Labute approximate surface area is 181 Å². The molecule has 0 heterocycles. The Bertz CT molecular complexity index is 811. The lowest BCUT2D eigenvalue weighted by Crippen LogP contribution is -2.49. The Morgan fingerprint density at radius 3 is 2.55 bits per heavy atom. The molecule has 156 valence electrons. The summed E-state index contributed by atoms with van der Waals surface area (Å²) in [4.78, 5) is 27.1. The molecule has 1 N–H and O–H groups in total. The van der Waals surface area contributed by atoms with E-state index in [1.54, 1.807) is 11.8 Å². The number of nitrogens with zero attached hydrogens (tertiary/aromatic N) is 1. The van der Waals surface area contributed by atoms with Crippen molar-refractivity contribution < 1.29 is 14.3 Å². The van der Waals surface area contributed by atoms with E-state index in [0.29, 0.717) is 18.8 Å². The second-order valence-corrected chi connectivity index (χ2v) is 7.88. The summed E-state index contributed by atoms with van der Waals surface area (Å²) in [6, 6.07) is 14.6. The van der Waals surface area contributed by atoms with Crippen LogP contribution in [-0.4, -0.2) is 35.9 Å². The molecule has 0 spiro atoms. The minimum absolute atomic E-state index is 0.125. The Morgan fingerprint density at radius 1 is 1.17 bits per heavy atom. The van der Waals surface area contributed by atoms with Crippen molar-refractivity contribution in [3.8, 4) is 5.75 Å². The van der Waals surface area contributed by atoms with Crippen LogP contribution in [0, 0.1) is 6.92 Å². The number of aryl methyl sites for hydroxylation is 1. The van der Waals surface area contributed by atoms with E-state index in [1.807, 2.05) is 55.5 Å². The summed E-state index contributed by atoms with van der Waals surface area (Å²) in [5, 5.41) is 2.91. The number of nitrogens with one attached hydrogen (secondary N) is 1. The fraction of sp³-hybridized carbons (Fsp3) is 0.391. The molecule has 0 aromatic heterocycles. The highest BCUT2D eigenvalue weighted by Gasteiger charge is 2.26. The Kier molecular flexibility index (Phi) is 9.19. The van der Waals surface area contributed by atoms with Gasteiger partial charge in [0, 0.05) is 17.6 Å². The zero-order chi connectivity index (χ0) is 21.2. The molecular formula is C23H29BrN2O3. The molecule has 1 atom stereocenters. The van der Waals surface area contributed by atoms with Crippen molar-refractivity contribution in [2.75, 3.05) is 13.2 Å². The molecule has 0 aliphatic heterocycles. The molecule has 29 heavy (non-hydrogen) atoms. The van der Waals surface area contributed by atoms with Gasteiger partial charge < -0.3 is 15.0 Å². The number of ether oxygens (including phenoxy) is 1. The van der Waals surface area contributed by atoms with Crippen molar-refractivity contribution in [2.24, 2.45) is 0 Å². The molecule has 0 aliphatic rings. The van der Waals surface area contributed by atoms with E-state index < -0.39 is 6.04 Å². The first kappa shape index (κ1) is 22.9. The van der Waals surface area contributed by atoms with Gasteiger partial charge in [-0.25, -0.2) is 0 Å². The molecule has 5 nitrogen and oxygen atoms in total. The van der Waals surface area contributed by atoms with Gasteiger partial charge in [-0.15, -0.1) is 0 Å². The van der Waals surface area contributed by atoms with Crippen molar-refractivity contribution in [3.05, 3.63) is 64.1 Å². The number of hydrogen-bond acceptors (Lipinski definition) is 3. The monoisotopic (exact) mass is 460 g/mol. The van der Waals surface area contributed by atoms with E-state index in [2.05, 4.69) is 28.2 Å². The minimum Gasteiger partial charge on any atom is -0.484 e. The molecular weight excluding hydrogens is 432 g/mol. The first-order valence-electron chi connectivity index (χ1n) is 9.92. The van der Waals surface area contributed by atoms with Gasteiger partial charge in [0.25, 0.3) is 5.91 Å². The zero-order valence-corrected chi connectivity index (χ0v) is 18.9. The van der Waals surface area contributed by atoms with Crippen LogP contribution in [0.2, 0.25) is 0 Å². The molecule has 2 aromatic rings. The van der Waals surface area contributed by atoms with E-state index >= 15 is 0 Å². The summed E-state index contributed by atoms with van der Waals surface area (Å²) in [6.07, 6.45) is 1.92.